The zero-order valence-electron chi connectivity index (χ0n) is 19.0. The average Bonchev–Trinajstić information content (AvgIpc) is 2.75. The van der Waals surface area contributed by atoms with Crippen LogP contribution in [0.1, 0.15) is 44.9 Å². The summed E-state index contributed by atoms with van der Waals surface area (Å²) in [6, 6.07) is -6.48. The predicted molar refractivity (Wildman–Crippen MR) is 116 cm³/mol. The van der Waals surface area contributed by atoms with Gasteiger partial charge in [0.25, 0.3) is 0 Å². The highest BCUT2D eigenvalue weighted by atomic mass is 16.4. The molecule has 4 atom stereocenters. The molecule has 17 heteroatoms. The first kappa shape index (κ1) is 31.7. The summed E-state index contributed by atoms with van der Waals surface area (Å²) in [4.78, 5) is 92.4. The third kappa shape index (κ3) is 13.4. The molecule has 0 radical (unpaired) electrons. The van der Waals surface area contributed by atoms with Gasteiger partial charge in [-0.05, 0) is 19.3 Å². The fourth-order valence-corrected chi connectivity index (χ4v) is 2.70. The first-order chi connectivity index (χ1) is 16.6. The minimum Gasteiger partial charge on any atom is -0.481 e. The van der Waals surface area contributed by atoms with Crippen LogP contribution in [0.5, 0.6) is 0 Å². The number of carboxylic acid groups (broad SMARTS) is 4. The molecule has 36 heavy (non-hydrogen) atoms. The maximum absolute atomic E-state index is 12.7. The van der Waals surface area contributed by atoms with Crippen molar-refractivity contribution in [3.8, 4) is 0 Å². The van der Waals surface area contributed by atoms with Gasteiger partial charge in [0.2, 0.25) is 23.6 Å². The largest absolute Gasteiger partial charge is 0.481 e. The molecule has 0 spiro atoms. The van der Waals surface area contributed by atoms with Crippen LogP contribution < -0.4 is 27.4 Å². The number of carbonyl (C=O) groups is 8. The van der Waals surface area contributed by atoms with Crippen LogP contribution in [0.2, 0.25) is 0 Å². The molecule has 0 aliphatic heterocycles. The Balaban J connectivity index is 5.59. The summed E-state index contributed by atoms with van der Waals surface area (Å²) in [5, 5.41) is 42.0. The van der Waals surface area contributed by atoms with E-state index in [4.69, 9.17) is 26.8 Å². The maximum atomic E-state index is 12.7. The number of hydrogen-bond acceptors (Lipinski definition) is 9. The number of amides is 4. The first-order valence-electron chi connectivity index (χ1n) is 10.5. The highest BCUT2D eigenvalue weighted by molar-refractivity contribution is 5.96. The second kappa shape index (κ2) is 15.6. The Morgan fingerprint density at radius 3 is 1.47 bits per heavy atom. The van der Waals surface area contributed by atoms with Gasteiger partial charge in [0.1, 0.15) is 18.1 Å². The topological polar surface area (TPSA) is 306 Å². The normalized spacial score (nSPS) is 13.8. The molecule has 0 aromatic rings. The number of primary amides is 1. The second-order valence-electron chi connectivity index (χ2n) is 7.60. The van der Waals surface area contributed by atoms with Crippen molar-refractivity contribution in [1.82, 2.24) is 16.0 Å². The summed E-state index contributed by atoms with van der Waals surface area (Å²) in [6.45, 7) is 0. The standard InChI is InChI=1S/C19H29N5O12/c20-8(1-4-12(21)25)16(32)24-11(7-15(30)31)18(34)22-9(2-5-13(26)27)17(33)23-10(19(35)36)3-6-14(28)29/h8-11H,1-7,20H2,(H2,21,25)(H,22,34)(H,23,33)(H,24,32)(H,26,27)(H,28,29)(H,30,31)(H,35,36). The van der Waals surface area contributed by atoms with Gasteiger partial charge in [0.15, 0.2) is 0 Å². The highest BCUT2D eigenvalue weighted by Gasteiger charge is 2.32. The van der Waals surface area contributed by atoms with E-state index in [1.54, 1.807) is 0 Å². The molecule has 0 fully saturated rings. The Morgan fingerprint density at radius 2 is 1.03 bits per heavy atom. The van der Waals surface area contributed by atoms with E-state index in [9.17, 15) is 43.5 Å². The number of carboxylic acids is 4. The van der Waals surface area contributed by atoms with Crippen molar-refractivity contribution < 1.29 is 58.8 Å². The molecule has 0 heterocycles. The number of nitrogens with two attached hydrogens (primary N) is 2. The first-order valence-corrected chi connectivity index (χ1v) is 10.5. The van der Waals surface area contributed by atoms with Crippen molar-refractivity contribution in [1.29, 1.82) is 0 Å². The van der Waals surface area contributed by atoms with E-state index in [1.807, 2.05) is 5.32 Å². The van der Waals surface area contributed by atoms with Gasteiger partial charge >= 0.3 is 23.9 Å². The van der Waals surface area contributed by atoms with Gasteiger partial charge in [0, 0.05) is 19.3 Å². The molecule has 0 aliphatic rings. The SMILES string of the molecule is NC(=O)CCC(N)C(=O)NC(CC(=O)O)C(=O)NC(CCC(=O)O)C(=O)NC(CCC(=O)O)C(=O)O. The molecule has 202 valence electrons. The lowest BCUT2D eigenvalue weighted by Gasteiger charge is -2.24. The molecule has 0 saturated heterocycles. The molecule has 0 aliphatic carbocycles. The molecular formula is C19H29N5O12. The molecule has 0 rings (SSSR count). The van der Waals surface area contributed by atoms with Crippen molar-refractivity contribution in [2.24, 2.45) is 11.5 Å². The average molecular weight is 519 g/mol. The van der Waals surface area contributed by atoms with E-state index in [-0.39, 0.29) is 12.8 Å². The Hall–Kier alpha value is -4.28. The summed E-state index contributed by atoms with van der Waals surface area (Å²) >= 11 is 0. The molecule has 0 saturated carbocycles. The number of aliphatic carboxylic acids is 4. The van der Waals surface area contributed by atoms with Gasteiger partial charge < -0.3 is 47.8 Å². The van der Waals surface area contributed by atoms with E-state index in [0.717, 1.165) is 0 Å². The van der Waals surface area contributed by atoms with Gasteiger partial charge in [-0.15, -0.1) is 0 Å². The van der Waals surface area contributed by atoms with Crippen molar-refractivity contribution in [3.05, 3.63) is 0 Å². The smallest absolute Gasteiger partial charge is 0.326 e. The van der Waals surface area contributed by atoms with Crippen LogP contribution in [0.25, 0.3) is 0 Å². The lowest BCUT2D eigenvalue weighted by molar-refractivity contribution is -0.144. The van der Waals surface area contributed by atoms with Crippen molar-refractivity contribution in [3.63, 3.8) is 0 Å². The lowest BCUT2D eigenvalue weighted by Crippen LogP contribution is -2.57. The number of hydrogen-bond donors (Lipinski definition) is 9. The van der Waals surface area contributed by atoms with E-state index in [1.165, 1.54) is 0 Å². The lowest BCUT2D eigenvalue weighted by atomic mass is 10.1. The molecule has 4 unspecified atom stereocenters. The predicted octanol–water partition coefficient (Wildman–Crippen LogP) is -3.68. The van der Waals surface area contributed by atoms with Gasteiger partial charge in [-0.1, -0.05) is 0 Å². The van der Waals surface area contributed by atoms with Crippen molar-refractivity contribution in [2.75, 3.05) is 0 Å². The van der Waals surface area contributed by atoms with Gasteiger partial charge in [0.05, 0.1) is 12.5 Å². The minimum absolute atomic E-state index is 0.209. The quantitative estimate of drug-likeness (QED) is 0.0843. The zero-order chi connectivity index (χ0) is 28.0. The number of carbonyl (C=O) groups excluding carboxylic acids is 4. The molecule has 0 bridgehead atoms. The highest BCUT2D eigenvalue weighted by Crippen LogP contribution is 2.05. The van der Waals surface area contributed by atoms with Gasteiger partial charge in [-0.25, -0.2) is 4.79 Å². The van der Waals surface area contributed by atoms with E-state index >= 15 is 0 Å². The molecule has 0 aromatic carbocycles. The van der Waals surface area contributed by atoms with Gasteiger partial charge in [-0.3, -0.25) is 33.6 Å². The van der Waals surface area contributed by atoms with Crippen LogP contribution in [0.3, 0.4) is 0 Å². The molecule has 0 aromatic heterocycles. The van der Waals surface area contributed by atoms with Crippen LogP contribution >= 0.6 is 0 Å². The van der Waals surface area contributed by atoms with Crippen LogP contribution in [0, 0.1) is 0 Å². The number of rotatable bonds is 18. The van der Waals surface area contributed by atoms with Crippen LogP contribution in [-0.4, -0.2) is 92.1 Å². The maximum Gasteiger partial charge on any atom is 0.326 e. The summed E-state index contributed by atoms with van der Waals surface area (Å²) in [6.07, 6.45) is -3.80. The number of nitrogens with one attached hydrogen (secondary N) is 3. The van der Waals surface area contributed by atoms with Crippen LogP contribution in [0.15, 0.2) is 0 Å². The minimum atomic E-state index is -1.78. The van der Waals surface area contributed by atoms with Crippen molar-refractivity contribution in [2.45, 2.75) is 69.1 Å². The van der Waals surface area contributed by atoms with E-state index in [0.29, 0.717) is 0 Å². The molecule has 11 N–H and O–H groups in total. The van der Waals surface area contributed by atoms with Gasteiger partial charge in [-0.2, -0.15) is 0 Å². The Kier molecular flexibility index (Phi) is 13.7. The second-order valence-corrected chi connectivity index (χ2v) is 7.60. The summed E-state index contributed by atoms with van der Waals surface area (Å²) in [5.74, 6) is -10.0. The fourth-order valence-electron chi connectivity index (χ4n) is 2.70. The Labute approximate surface area is 203 Å². The summed E-state index contributed by atoms with van der Waals surface area (Å²) in [7, 11) is 0. The van der Waals surface area contributed by atoms with Crippen LogP contribution in [0.4, 0.5) is 0 Å². The van der Waals surface area contributed by atoms with Crippen molar-refractivity contribution >= 4 is 47.5 Å². The zero-order valence-corrected chi connectivity index (χ0v) is 19.0. The molecular weight excluding hydrogens is 490 g/mol. The van der Waals surface area contributed by atoms with E-state index < -0.39 is 104 Å². The summed E-state index contributed by atoms with van der Waals surface area (Å²) < 4.78 is 0. The third-order valence-electron chi connectivity index (χ3n) is 4.59. The Morgan fingerprint density at radius 1 is 0.583 bits per heavy atom. The fraction of sp³-hybridized carbons (Fsp3) is 0.579. The monoisotopic (exact) mass is 519 g/mol. The Bertz CT molecular complexity index is 877. The van der Waals surface area contributed by atoms with Crippen LogP contribution in [-0.2, 0) is 38.4 Å². The van der Waals surface area contributed by atoms with E-state index in [2.05, 4.69) is 10.6 Å². The third-order valence-corrected chi connectivity index (χ3v) is 4.59. The summed E-state index contributed by atoms with van der Waals surface area (Å²) in [5.41, 5.74) is 10.5. The molecule has 17 nitrogen and oxygen atoms in total. The molecule has 4 amide bonds.